The molecule has 0 aliphatic heterocycles. The summed E-state index contributed by atoms with van der Waals surface area (Å²) in [6, 6.07) is 16.0. The molecule has 0 fully saturated rings. The van der Waals surface area contributed by atoms with Gasteiger partial charge in [0, 0.05) is 39.0 Å². The summed E-state index contributed by atoms with van der Waals surface area (Å²) in [6.45, 7) is 0.0651. The summed E-state index contributed by atoms with van der Waals surface area (Å²) in [5, 5.41) is 3.81. The zero-order valence-electron chi connectivity index (χ0n) is 16.8. The second kappa shape index (κ2) is 7.76. The van der Waals surface area contributed by atoms with Crippen LogP contribution in [-0.4, -0.2) is 28.4 Å². The first-order chi connectivity index (χ1) is 14.4. The van der Waals surface area contributed by atoms with Gasteiger partial charge in [-0.15, -0.1) is 0 Å². The van der Waals surface area contributed by atoms with E-state index < -0.39 is 0 Å². The number of hydrogen-bond donors (Lipinski definition) is 1. The third-order valence-electron chi connectivity index (χ3n) is 5.01. The van der Waals surface area contributed by atoms with Crippen molar-refractivity contribution in [2.75, 3.05) is 19.0 Å². The molecule has 2 aromatic heterocycles. The second-order valence-electron chi connectivity index (χ2n) is 7.16. The summed E-state index contributed by atoms with van der Waals surface area (Å²) < 4.78 is 8.73. The van der Waals surface area contributed by atoms with Crippen LogP contribution in [0.15, 0.2) is 64.2 Å². The highest BCUT2D eigenvalue weighted by Crippen LogP contribution is 2.23. The summed E-state index contributed by atoms with van der Waals surface area (Å²) in [5.74, 6) is 0.646. The van der Waals surface area contributed by atoms with Gasteiger partial charge in [-0.1, -0.05) is 29.8 Å². The number of ether oxygens (including phenoxy) is 1. The van der Waals surface area contributed by atoms with Gasteiger partial charge in [0.1, 0.15) is 12.4 Å². The van der Waals surface area contributed by atoms with Crippen molar-refractivity contribution in [3.05, 3.63) is 86.0 Å². The van der Waals surface area contributed by atoms with Gasteiger partial charge in [0.15, 0.2) is 0 Å². The Hall–Kier alpha value is -3.45. The summed E-state index contributed by atoms with van der Waals surface area (Å²) >= 11 is 6.27. The van der Waals surface area contributed by atoms with Gasteiger partial charge in [0.05, 0.1) is 27.3 Å². The fraction of sp³-hybridized carbons (Fsp3) is 0.182. The number of aromatic amines is 1. The minimum absolute atomic E-state index is 0.0651. The van der Waals surface area contributed by atoms with Crippen LogP contribution >= 0.6 is 11.6 Å². The van der Waals surface area contributed by atoms with E-state index in [-0.39, 0.29) is 17.7 Å². The number of anilines is 1. The third kappa shape index (κ3) is 3.48. The van der Waals surface area contributed by atoms with Gasteiger partial charge in [-0.05, 0) is 24.3 Å². The molecule has 2 heterocycles. The number of hydrogen-bond acceptors (Lipinski definition) is 4. The van der Waals surface area contributed by atoms with Crippen LogP contribution < -0.4 is 20.8 Å². The number of benzene rings is 2. The molecule has 0 spiro atoms. The largest absolute Gasteiger partial charge is 0.487 e. The molecule has 0 bridgehead atoms. The third-order valence-corrected chi connectivity index (χ3v) is 5.33. The number of aromatic nitrogens is 3. The Bertz CT molecular complexity index is 1350. The van der Waals surface area contributed by atoms with Crippen molar-refractivity contribution in [2.45, 2.75) is 6.61 Å². The lowest BCUT2D eigenvalue weighted by Crippen LogP contribution is -2.23. The maximum Gasteiger partial charge on any atom is 0.281 e. The van der Waals surface area contributed by atoms with Crippen LogP contribution in [0.4, 0.5) is 5.69 Å². The predicted molar refractivity (Wildman–Crippen MR) is 119 cm³/mol. The summed E-state index contributed by atoms with van der Waals surface area (Å²) in [4.78, 5) is 27.7. The summed E-state index contributed by atoms with van der Waals surface area (Å²) in [7, 11) is 5.52. The highest BCUT2D eigenvalue weighted by molar-refractivity contribution is 6.32. The normalized spacial score (nSPS) is 11.1. The van der Waals surface area contributed by atoms with E-state index in [2.05, 4.69) is 5.10 Å². The Kier molecular flexibility index (Phi) is 5.13. The molecule has 0 aliphatic rings. The van der Waals surface area contributed by atoms with E-state index in [0.29, 0.717) is 33.1 Å². The molecule has 0 saturated carbocycles. The molecule has 0 amide bonds. The monoisotopic (exact) mass is 424 g/mol. The van der Waals surface area contributed by atoms with E-state index in [1.165, 1.54) is 15.3 Å². The smallest absolute Gasteiger partial charge is 0.281 e. The lowest BCUT2D eigenvalue weighted by molar-refractivity contribution is 0.297. The van der Waals surface area contributed by atoms with Crippen LogP contribution in [0.5, 0.6) is 5.75 Å². The first-order valence-corrected chi connectivity index (χ1v) is 9.73. The van der Waals surface area contributed by atoms with Gasteiger partial charge in [0.25, 0.3) is 11.1 Å². The maximum atomic E-state index is 13.2. The maximum absolute atomic E-state index is 13.2. The van der Waals surface area contributed by atoms with Gasteiger partial charge in [-0.25, -0.2) is 4.68 Å². The molecule has 7 nitrogen and oxygen atoms in total. The number of nitrogens with zero attached hydrogens (tertiary/aromatic N) is 3. The zero-order chi connectivity index (χ0) is 21.4. The van der Waals surface area contributed by atoms with E-state index >= 15 is 0 Å². The number of halogens is 1. The van der Waals surface area contributed by atoms with Gasteiger partial charge < -0.3 is 14.2 Å². The predicted octanol–water partition coefficient (Wildman–Crippen LogP) is 3.32. The molecule has 30 heavy (non-hydrogen) atoms. The number of pyridine rings is 1. The topological polar surface area (TPSA) is 72.3 Å². The average molecular weight is 425 g/mol. The first-order valence-electron chi connectivity index (χ1n) is 9.35. The lowest BCUT2D eigenvalue weighted by atomic mass is 10.2. The highest BCUT2D eigenvalue weighted by Gasteiger charge is 2.18. The summed E-state index contributed by atoms with van der Waals surface area (Å²) in [5.41, 5.74) is 1.89. The number of fused-ring (bicyclic) bond motifs is 1. The quantitative estimate of drug-likeness (QED) is 0.533. The standard InChI is InChI=1S/C22H21ClN4O3/c1-25(2)14-7-6-8-15(11-14)30-13-19-21-17(12-20(28)26(19)3)24-27(22(21)29)18-10-5-4-9-16(18)23/h4-12,24H,13H2,1-3H3. The highest BCUT2D eigenvalue weighted by atomic mass is 35.5. The molecule has 0 unspecified atom stereocenters. The van der Waals surface area contributed by atoms with Crippen molar-refractivity contribution in [3.8, 4) is 11.4 Å². The molecule has 154 valence electrons. The van der Waals surface area contributed by atoms with Crippen LogP contribution in [0.1, 0.15) is 5.69 Å². The first kappa shape index (κ1) is 19.8. The number of rotatable bonds is 5. The van der Waals surface area contributed by atoms with Crippen molar-refractivity contribution >= 4 is 28.2 Å². The molecule has 0 saturated heterocycles. The van der Waals surface area contributed by atoms with Crippen molar-refractivity contribution in [2.24, 2.45) is 7.05 Å². The average Bonchev–Trinajstić information content (AvgIpc) is 3.04. The number of H-pyrrole nitrogens is 1. The second-order valence-corrected chi connectivity index (χ2v) is 7.57. The van der Waals surface area contributed by atoms with Crippen molar-refractivity contribution in [1.29, 1.82) is 0 Å². The lowest BCUT2D eigenvalue weighted by Gasteiger charge is -2.15. The van der Waals surface area contributed by atoms with Crippen LogP contribution in [0.3, 0.4) is 0 Å². The SMILES string of the molecule is CN(C)c1cccc(OCc2c3c(=O)n(-c4ccccc4Cl)[nH]c3cc(=O)n2C)c1. The molecule has 2 aromatic carbocycles. The van der Waals surface area contributed by atoms with Crippen LogP contribution in [0.25, 0.3) is 16.6 Å². The van der Waals surface area contributed by atoms with E-state index in [0.717, 1.165) is 5.69 Å². The molecule has 4 aromatic rings. The van der Waals surface area contributed by atoms with Gasteiger partial charge in [0.2, 0.25) is 0 Å². The number of para-hydroxylation sites is 1. The van der Waals surface area contributed by atoms with Crippen molar-refractivity contribution in [1.82, 2.24) is 14.3 Å². The zero-order valence-corrected chi connectivity index (χ0v) is 17.6. The fourth-order valence-electron chi connectivity index (χ4n) is 3.33. The van der Waals surface area contributed by atoms with E-state index in [9.17, 15) is 9.59 Å². The van der Waals surface area contributed by atoms with E-state index in [4.69, 9.17) is 16.3 Å². The van der Waals surface area contributed by atoms with Gasteiger partial charge in [-0.2, -0.15) is 0 Å². The Morgan fingerprint density at radius 3 is 2.57 bits per heavy atom. The molecule has 0 radical (unpaired) electrons. The Morgan fingerprint density at radius 2 is 1.83 bits per heavy atom. The van der Waals surface area contributed by atoms with Gasteiger partial charge in [-0.3, -0.25) is 14.7 Å². The molecular weight excluding hydrogens is 404 g/mol. The van der Waals surface area contributed by atoms with Crippen LogP contribution in [0, 0.1) is 0 Å². The Morgan fingerprint density at radius 1 is 1.07 bits per heavy atom. The van der Waals surface area contributed by atoms with Crippen LogP contribution in [-0.2, 0) is 13.7 Å². The fourth-order valence-corrected chi connectivity index (χ4v) is 3.55. The van der Waals surface area contributed by atoms with Gasteiger partial charge >= 0.3 is 0 Å². The van der Waals surface area contributed by atoms with E-state index in [1.54, 1.807) is 31.3 Å². The Labute approximate surface area is 177 Å². The van der Waals surface area contributed by atoms with Crippen molar-refractivity contribution in [3.63, 3.8) is 0 Å². The van der Waals surface area contributed by atoms with Crippen LogP contribution in [0.2, 0.25) is 5.02 Å². The number of nitrogens with one attached hydrogen (secondary N) is 1. The minimum atomic E-state index is -0.297. The summed E-state index contributed by atoms with van der Waals surface area (Å²) in [6.07, 6.45) is 0. The van der Waals surface area contributed by atoms with E-state index in [1.807, 2.05) is 43.3 Å². The molecule has 8 heteroatoms. The molecular formula is C22H21ClN4O3. The molecule has 0 aliphatic carbocycles. The minimum Gasteiger partial charge on any atom is -0.487 e. The molecule has 4 rings (SSSR count). The molecule has 1 N–H and O–H groups in total. The Balaban J connectivity index is 1.81. The molecule has 0 atom stereocenters. The van der Waals surface area contributed by atoms with Crippen molar-refractivity contribution < 1.29 is 4.74 Å².